The Kier molecular flexibility index (Phi) is 4.91. The Morgan fingerprint density at radius 3 is 2.76 bits per heavy atom. The fourth-order valence-electron chi connectivity index (χ4n) is 2.13. The van der Waals surface area contributed by atoms with Gasteiger partial charge >= 0.3 is 5.69 Å². The molecule has 1 N–H and O–H groups in total. The molecule has 4 nitrogen and oxygen atoms in total. The third kappa shape index (κ3) is 3.80. The second kappa shape index (κ2) is 6.87. The average Bonchev–Trinajstić information content (AvgIpc) is 2.44. The van der Waals surface area contributed by atoms with Crippen LogP contribution in [0.5, 0.6) is 0 Å². The summed E-state index contributed by atoms with van der Waals surface area (Å²) in [5, 5.41) is 8.79. The number of nitrogens with zero attached hydrogens (tertiary/aromatic N) is 2. The number of aromatic nitrogens is 2. The highest BCUT2D eigenvalue weighted by molar-refractivity contribution is 5.41. The second-order valence-corrected chi connectivity index (χ2v) is 4.84. The molecule has 0 aliphatic rings. The maximum Gasteiger partial charge on any atom is 0.348 e. The monoisotopic (exact) mass is 282 g/mol. The summed E-state index contributed by atoms with van der Waals surface area (Å²) in [6.45, 7) is 4.21. The van der Waals surface area contributed by atoms with Crippen molar-refractivity contribution in [3.63, 3.8) is 0 Å². The summed E-state index contributed by atoms with van der Waals surface area (Å²) in [6.07, 6.45) is 0.444. The van der Waals surface area contributed by atoms with E-state index >= 15 is 0 Å². The topological polar surface area (TPSA) is 55.1 Å². The second-order valence-electron chi connectivity index (χ2n) is 4.84. The van der Waals surface area contributed by atoms with Crippen LogP contribution >= 0.6 is 0 Å². The number of benzene rings is 1. The third-order valence-corrected chi connectivity index (χ3v) is 3.15. The molecule has 0 fully saturated rings. The van der Waals surface area contributed by atoms with Crippen molar-refractivity contribution in [3.8, 4) is 11.8 Å². The molecule has 0 aliphatic carbocycles. The summed E-state index contributed by atoms with van der Waals surface area (Å²) in [4.78, 5) is 16.0. The Balaban J connectivity index is 2.37. The van der Waals surface area contributed by atoms with E-state index < -0.39 is 0 Å². The van der Waals surface area contributed by atoms with Gasteiger partial charge in [0, 0.05) is 23.4 Å². The van der Waals surface area contributed by atoms with E-state index in [0.717, 1.165) is 22.5 Å². The van der Waals surface area contributed by atoms with Gasteiger partial charge in [-0.15, -0.1) is 0 Å². The van der Waals surface area contributed by atoms with E-state index in [4.69, 9.17) is 5.11 Å². The Morgan fingerprint density at radius 2 is 2.05 bits per heavy atom. The van der Waals surface area contributed by atoms with Crippen LogP contribution in [0.2, 0.25) is 0 Å². The third-order valence-electron chi connectivity index (χ3n) is 3.15. The van der Waals surface area contributed by atoms with Gasteiger partial charge in [0.1, 0.15) is 0 Å². The van der Waals surface area contributed by atoms with Crippen LogP contribution in [-0.4, -0.2) is 21.3 Å². The van der Waals surface area contributed by atoms with Crippen molar-refractivity contribution in [1.82, 2.24) is 9.55 Å². The van der Waals surface area contributed by atoms with Crippen LogP contribution in [0.1, 0.15) is 28.9 Å². The lowest BCUT2D eigenvalue weighted by Gasteiger charge is -2.11. The highest BCUT2D eigenvalue weighted by Crippen LogP contribution is 2.10. The van der Waals surface area contributed by atoms with Gasteiger partial charge in [-0.05, 0) is 31.5 Å². The summed E-state index contributed by atoms with van der Waals surface area (Å²) < 4.78 is 1.64. The van der Waals surface area contributed by atoms with Gasteiger partial charge < -0.3 is 5.11 Å². The average molecular weight is 282 g/mol. The Bertz CT molecular complexity index is 751. The minimum atomic E-state index is -0.245. The molecule has 0 radical (unpaired) electrons. The predicted octanol–water partition coefficient (Wildman–Crippen LogP) is 1.64. The Morgan fingerprint density at radius 1 is 1.29 bits per heavy atom. The minimum Gasteiger partial charge on any atom is -0.395 e. The maximum atomic E-state index is 12.0. The van der Waals surface area contributed by atoms with Gasteiger partial charge in [-0.25, -0.2) is 4.79 Å². The summed E-state index contributed by atoms with van der Waals surface area (Å²) >= 11 is 0. The number of hydrogen-bond acceptors (Lipinski definition) is 3. The fraction of sp³-hybridized carbons (Fsp3) is 0.294. The first-order valence-electron chi connectivity index (χ1n) is 6.84. The van der Waals surface area contributed by atoms with Crippen molar-refractivity contribution in [3.05, 3.63) is 63.3 Å². The Hall–Kier alpha value is -2.38. The highest BCUT2D eigenvalue weighted by Gasteiger charge is 2.06. The van der Waals surface area contributed by atoms with Crippen molar-refractivity contribution in [1.29, 1.82) is 0 Å². The number of rotatable bonds is 3. The van der Waals surface area contributed by atoms with Crippen LogP contribution in [0.3, 0.4) is 0 Å². The molecule has 0 unspecified atom stereocenters. The van der Waals surface area contributed by atoms with E-state index in [0.29, 0.717) is 13.0 Å². The van der Waals surface area contributed by atoms with Gasteiger partial charge in [-0.2, -0.15) is 4.98 Å². The van der Waals surface area contributed by atoms with Crippen molar-refractivity contribution >= 4 is 0 Å². The molecule has 0 aliphatic heterocycles. The van der Waals surface area contributed by atoms with Crippen LogP contribution in [0, 0.1) is 25.7 Å². The van der Waals surface area contributed by atoms with Crippen LogP contribution in [-0.2, 0) is 6.54 Å². The fourth-order valence-corrected chi connectivity index (χ4v) is 2.13. The summed E-state index contributed by atoms with van der Waals surface area (Å²) in [5.41, 5.74) is 3.21. The molecule has 1 aromatic heterocycles. The zero-order valence-corrected chi connectivity index (χ0v) is 12.3. The molecule has 0 bridgehead atoms. The van der Waals surface area contributed by atoms with E-state index in [9.17, 15) is 4.79 Å². The number of aryl methyl sites for hydroxylation is 2. The first kappa shape index (κ1) is 15.0. The van der Waals surface area contributed by atoms with Gasteiger partial charge in [0.25, 0.3) is 0 Å². The zero-order chi connectivity index (χ0) is 15.2. The molecule has 0 atom stereocenters. The molecule has 2 aromatic rings. The molecule has 2 rings (SSSR count). The number of aliphatic hydroxyl groups is 1. The van der Waals surface area contributed by atoms with Crippen molar-refractivity contribution in [2.24, 2.45) is 0 Å². The van der Waals surface area contributed by atoms with Crippen molar-refractivity contribution in [2.45, 2.75) is 26.8 Å². The molecule has 0 spiro atoms. The van der Waals surface area contributed by atoms with Gasteiger partial charge in [0.15, 0.2) is 0 Å². The van der Waals surface area contributed by atoms with Gasteiger partial charge in [-0.3, -0.25) is 4.57 Å². The van der Waals surface area contributed by atoms with Gasteiger partial charge in [-0.1, -0.05) is 30.0 Å². The first-order chi connectivity index (χ1) is 10.1. The lowest BCUT2D eigenvalue weighted by molar-refractivity contribution is 0.305. The van der Waals surface area contributed by atoms with Gasteiger partial charge in [0.05, 0.1) is 13.2 Å². The molecule has 0 amide bonds. The quantitative estimate of drug-likeness (QED) is 0.871. The Labute approximate surface area is 124 Å². The molecule has 0 saturated carbocycles. The minimum absolute atomic E-state index is 0.0512. The zero-order valence-electron chi connectivity index (χ0n) is 12.3. The van der Waals surface area contributed by atoms with Crippen LogP contribution < -0.4 is 5.69 Å². The molecule has 1 heterocycles. The van der Waals surface area contributed by atoms with Crippen molar-refractivity contribution < 1.29 is 5.11 Å². The summed E-state index contributed by atoms with van der Waals surface area (Å²) in [6, 6.07) is 9.60. The summed E-state index contributed by atoms with van der Waals surface area (Å²) in [5.74, 6) is 5.95. The largest absolute Gasteiger partial charge is 0.395 e. The highest BCUT2D eigenvalue weighted by atomic mass is 16.2. The molecular weight excluding hydrogens is 264 g/mol. The van der Waals surface area contributed by atoms with Crippen LogP contribution in [0.15, 0.2) is 35.1 Å². The van der Waals surface area contributed by atoms with E-state index in [1.807, 2.05) is 44.2 Å². The van der Waals surface area contributed by atoms with Crippen molar-refractivity contribution in [2.75, 3.05) is 6.61 Å². The standard InChI is InChI=1S/C17H18N2O2/c1-13-11-14(2)19(17(21)18-13)12-16-9-4-3-7-15(16)8-5-6-10-20/h3-4,7,9,11,20H,6,10,12H2,1-2H3. The molecule has 21 heavy (non-hydrogen) atoms. The maximum absolute atomic E-state index is 12.0. The first-order valence-corrected chi connectivity index (χ1v) is 6.84. The SMILES string of the molecule is Cc1cc(C)n(Cc2ccccc2C#CCCO)c(=O)n1. The van der Waals surface area contributed by atoms with Crippen LogP contribution in [0.25, 0.3) is 0 Å². The molecule has 1 aromatic carbocycles. The smallest absolute Gasteiger partial charge is 0.348 e. The van der Waals surface area contributed by atoms with E-state index in [-0.39, 0.29) is 12.3 Å². The lowest BCUT2D eigenvalue weighted by Crippen LogP contribution is -2.26. The summed E-state index contributed by atoms with van der Waals surface area (Å²) in [7, 11) is 0. The molecule has 108 valence electrons. The van der Waals surface area contributed by atoms with E-state index in [2.05, 4.69) is 16.8 Å². The number of aliphatic hydroxyl groups excluding tert-OH is 1. The molecular formula is C17H18N2O2. The number of hydrogen-bond donors (Lipinski definition) is 1. The van der Waals surface area contributed by atoms with E-state index in [1.54, 1.807) is 4.57 Å². The van der Waals surface area contributed by atoms with Crippen LogP contribution in [0.4, 0.5) is 0 Å². The lowest BCUT2D eigenvalue weighted by atomic mass is 10.1. The van der Waals surface area contributed by atoms with E-state index in [1.165, 1.54) is 0 Å². The molecule has 4 heteroatoms. The van der Waals surface area contributed by atoms with Gasteiger partial charge in [0.2, 0.25) is 0 Å². The predicted molar refractivity (Wildman–Crippen MR) is 82.1 cm³/mol. The molecule has 0 saturated heterocycles. The normalized spacial score (nSPS) is 10.0.